The van der Waals surface area contributed by atoms with Crippen LogP contribution in [0.25, 0.3) is 0 Å². The van der Waals surface area contributed by atoms with Gasteiger partial charge in [-0.1, -0.05) is 30.3 Å². The van der Waals surface area contributed by atoms with Gasteiger partial charge in [0.25, 0.3) is 0 Å². The third-order valence-corrected chi connectivity index (χ3v) is 3.92. The maximum Gasteiger partial charge on any atom is 0.347 e. The number of methoxy groups -OCH3 is 1. The molecule has 0 fully saturated rings. The highest BCUT2D eigenvalue weighted by atomic mass is 16.7. The van der Waals surface area contributed by atoms with E-state index in [1.165, 1.54) is 7.11 Å². The molecule has 1 atom stereocenters. The van der Waals surface area contributed by atoms with Crippen LogP contribution in [0.3, 0.4) is 0 Å². The lowest BCUT2D eigenvalue weighted by molar-refractivity contribution is -0.152. The summed E-state index contributed by atoms with van der Waals surface area (Å²) in [4.78, 5) is 12.1. The first-order valence-electron chi connectivity index (χ1n) is 9.40. The second kappa shape index (κ2) is 12.0. The van der Waals surface area contributed by atoms with Crippen LogP contribution in [0.5, 0.6) is 11.5 Å². The van der Waals surface area contributed by atoms with E-state index in [-0.39, 0.29) is 0 Å². The number of carbonyl (C=O) groups excluding carboxylic acids is 1. The summed E-state index contributed by atoms with van der Waals surface area (Å²) < 4.78 is 27.3. The van der Waals surface area contributed by atoms with Gasteiger partial charge in [0.05, 0.1) is 7.11 Å². The summed E-state index contributed by atoms with van der Waals surface area (Å²) in [7, 11) is 1.35. The van der Waals surface area contributed by atoms with Gasteiger partial charge in [0.15, 0.2) is 12.4 Å². The Hall–Kier alpha value is -2.57. The highest BCUT2D eigenvalue weighted by Crippen LogP contribution is 2.18. The fourth-order valence-electron chi connectivity index (χ4n) is 2.58. The van der Waals surface area contributed by atoms with E-state index < -0.39 is 18.4 Å². The first-order valence-corrected chi connectivity index (χ1v) is 9.40. The zero-order valence-electron chi connectivity index (χ0n) is 16.6. The lowest BCUT2D eigenvalue weighted by Gasteiger charge is -2.18. The second-order valence-electron chi connectivity index (χ2n) is 5.94. The maximum absolute atomic E-state index is 12.1. The van der Waals surface area contributed by atoms with Crippen LogP contribution in [0.1, 0.15) is 19.4 Å². The highest BCUT2D eigenvalue weighted by molar-refractivity contribution is 5.75. The number of esters is 1. The van der Waals surface area contributed by atoms with E-state index in [0.717, 1.165) is 5.56 Å². The molecule has 0 aliphatic heterocycles. The van der Waals surface area contributed by atoms with E-state index in [1.54, 1.807) is 12.1 Å². The van der Waals surface area contributed by atoms with Crippen LogP contribution in [0, 0.1) is 0 Å². The minimum Gasteiger partial charge on any atom is -0.488 e. The molecule has 1 unspecified atom stereocenters. The molecule has 0 aliphatic carbocycles. The van der Waals surface area contributed by atoms with Crippen LogP contribution >= 0.6 is 0 Å². The number of rotatable bonds is 12. The SMILES string of the molecule is CCOC(COc1ccc(CC(Oc2ccccc2)C(=O)OC)cc1)OCC. The van der Waals surface area contributed by atoms with Crippen molar-refractivity contribution in [1.29, 1.82) is 0 Å². The Balaban J connectivity index is 1.95. The summed E-state index contributed by atoms with van der Waals surface area (Å²) in [6.07, 6.45) is -0.723. The van der Waals surface area contributed by atoms with Gasteiger partial charge in [0, 0.05) is 19.6 Å². The molecule has 0 aliphatic rings. The molecule has 0 heterocycles. The number of carbonyl (C=O) groups is 1. The summed E-state index contributed by atoms with van der Waals surface area (Å²) in [5.41, 5.74) is 0.935. The van der Waals surface area contributed by atoms with Crippen molar-refractivity contribution >= 4 is 5.97 Å². The number of hydrogen-bond acceptors (Lipinski definition) is 6. The molecule has 0 N–H and O–H groups in total. The molecule has 152 valence electrons. The normalized spacial score (nSPS) is 11.9. The van der Waals surface area contributed by atoms with Crippen molar-refractivity contribution in [3.05, 3.63) is 60.2 Å². The molecular formula is C22H28O6. The van der Waals surface area contributed by atoms with Gasteiger partial charge in [0.2, 0.25) is 0 Å². The summed E-state index contributed by atoms with van der Waals surface area (Å²) in [6, 6.07) is 16.7. The highest BCUT2D eigenvalue weighted by Gasteiger charge is 2.22. The first-order chi connectivity index (χ1) is 13.7. The van der Waals surface area contributed by atoms with Crippen LogP contribution in [-0.2, 0) is 25.4 Å². The van der Waals surface area contributed by atoms with Gasteiger partial charge < -0.3 is 23.7 Å². The summed E-state index contributed by atoms with van der Waals surface area (Å²) in [5, 5.41) is 0. The molecule has 0 radical (unpaired) electrons. The quantitative estimate of drug-likeness (QED) is 0.409. The largest absolute Gasteiger partial charge is 0.488 e. The molecule has 0 saturated heterocycles. The molecule has 6 heteroatoms. The third kappa shape index (κ3) is 7.21. The zero-order valence-corrected chi connectivity index (χ0v) is 16.6. The van der Waals surface area contributed by atoms with E-state index in [9.17, 15) is 4.79 Å². The molecule has 0 saturated carbocycles. The van der Waals surface area contributed by atoms with Crippen molar-refractivity contribution in [3.63, 3.8) is 0 Å². The predicted octanol–water partition coefficient (Wildman–Crippen LogP) is 3.63. The average molecular weight is 388 g/mol. The minimum atomic E-state index is -0.723. The summed E-state index contributed by atoms with van der Waals surface area (Å²) in [5.74, 6) is 0.906. The van der Waals surface area contributed by atoms with E-state index in [0.29, 0.717) is 37.7 Å². The Bertz CT molecular complexity index is 680. The van der Waals surface area contributed by atoms with Gasteiger partial charge >= 0.3 is 5.97 Å². The molecule has 2 aromatic rings. The van der Waals surface area contributed by atoms with Crippen molar-refractivity contribution < 1.29 is 28.5 Å². The van der Waals surface area contributed by atoms with Crippen LogP contribution in [0.4, 0.5) is 0 Å². The smallest absolute Gasteiger partial charge is 0.347 e. The van der Waals surface area contributed by atoms with Crippen molar-refractivity contribution in [2.45, 2.75) is 32.7 Å². The molecule has 28 heavy (non-hydrogen) atoms. The monoisotopic (exact) mass is 388 g/mol. The Kier molecular flexibility index (Phi) is 9.31. The fraction of sp³-hybridized carbons (Fsp3) is 0.409. The average Bonchev–Trinajstić information content (AvgIpc) is 2.73. The number of benzene rings is 2. The first kappa shape index (κ1) is 21.7. The van der Waals surface area contributed by atoms with Gasteiger partial charge in [0.1, 0.15) is 18.1 Å². The molecule has 0 aromatic heterocycles. The van der Waals surface area contributed by atoms with Gasteiger partial charge in [-0.15, -0.1) is 0 Å². The summed E-state index contributed by atoms with van der Waals surface area (Å²) in [6.45, 7) is 5.25. The topological polar surface area (TPSA) is 63.2 Å². The van der Waals surface area contributed by atoms with Crippen molar-refractivity contribution in [3.8, 4) is 11.5 Å². The Morgan fingerprint density at radius 2 is 1.54 bits per heavy atom. The van der Waals surface area contributed by atoms with Gasteiger partial charge in [-0.25, -0.2) is 4.79 Å². The van der Waals surface area contributed by atoms with E-state index >= 15 is 0 Å². The Labute approximate surface area is 166 Å². The summed E-state index contributed by atoms with van der Waals surface area (Å²) >= 11 is 0. The van der Waals surface area contributed by atoms with Crippen molar-refractivity contribution in [2.75, 3.05) is 26.9 Å². The van der Waals surface area contributed by atoms with E-state index in [2.05, 4.69) is 0 Å². The second-order valence-corrected chi connectivity index (χ2v) is 5.94. The van der Waals surface area contributed by atoms with Gasteiger partial charge in [-0.05, 0) is 43.7 Å². The lowest BCUT2D eigenvalue weighted by Crippen LogP contribution is -2.30. The minimum absolute atomic E-state index is 0.308. The van der Waals surface area contributed by atoms with Crippen molar-refractivity contribution in [1.82, 2.24) is 0 Å². The number of para-hydroxylation sites is 1. The molecule has 0 bridgehead atoms. The maximum atomic E-state index is 12.1. The Morgan fingerprint density at radius 3 is 2.11 bits per heavy atom. The lowest BCUT2D eigenvalue weighted by atomic mass is 10.1. The zero-order chi connectivity index (χ0) is 20.2. The van der Waals surface area contributed by atoms with Gasteiger partial charge in [-0.3, -0.25) is 0 Å². The molecule has 2 aromatic carbocycles. The van der Waals surface area contributed by atoms with E-state index in [1.807, 2.05) is 56.3 Å². The molecule has 0 spiro atoms. The van der Waals surface area contributed by atoms with Crippen LogP contribution < -0.4 is 9.47 Å². The molecule has 2 rings (SSSR count). The molecule has 0 amide bonds. The van der Waals surface area contributed by atoms with Crippen LogP contribution in [0.2, 0.25) is 0 Å². The fourth-order valence-corrected chi connectivity index (χ4v) is 2.58. The Morgan fingerprint density at radius 1 is 0.893 bits per heavy atom. The van der Waals surface area contributed by atoms with Gasteiger partial charge in [-0.2, -0.15) is 0 Å². The van der Waals surface area contributed by atoms with E-state index in [4.69, 9.17) is 23.7 Å². The number of hydrogen-bond donors (Lipinski definition) is 0. The molecule has 6 nitrogen and oxygen atoms in total. The van der Waals surface area contributed by atoms with Crippen molar-refractivity contribution in [2.24, 2.45) is 0 Å². The van der Waals surface area contributed by atoms with Crippen LogP contribution in [0.15, 0.2) is 54.6 Å². The third-order valence-electron chi connectivity index (χ3n) is 3.92. The number of ether oxygens (including phenoxy) is 5. The van der Waals surface area contributed by atoms with Crippen LogP contribution in [-0.4, -0.2) is 45.3 Å². The molecular weight excluding hydrogens is 360 g/mol. The standard InChI is InChI=1S/C22H28O6/c1-4-25-21(26-5-2)16-27-18-13-11-17(12-14-18)15-20(22(23)24-3)28-19-9-7-6-8-10-19/h6-14,20-21H,4-5,15-16H2,1-3H3. The predicted molar refractivity (Wildman–Crippen MR) is 106 cm³/mol.